The molecule has 1 aromatic heterocycles. The maximum atomic E-state index is 11.7. The largest absolute Gasteiger partial charge is 0.465 e. The predicted octanol–water partition coefficient (Wildman–Crippen LogP) is 2.03. The van der Waals surface area contributed by atoms with Crippen molar-refractivity contribution in [3.8, 4) is 0 Å². The number of hydrogen-bond acceptors (Lipinski definition) is 5. The Bertz CT molecular complexity index is 418. The van der Waals surface area contributed by atoms with Gasteiger partial charge in [-0.2, -0.15) is 0 Å². The fourth-order valence-electron chi connectivity index (χ4n) is 1.98. The average molecular weight is 249 g/mol. The van der Waals surface area contributed by atoms with Crippen LogP contribution in [0.2, 0.25) is 0 Å². The third-order valence-electron chi connectivity index (χ3n) is 3.11. The highest BCUT2D eigenvalue weighted by Crippen LogP contribution is 2.32. The zero-order valence-corrected chi connectivity index (χ0v) is 10.9. The highest BCUT2D eigenvalue weighted by Gasteiger charge is 2.32. The van der Waals surface area contributed by atoms with Crippen LogP contribution in [0, 0.1) is 0 Å². The Balaban J connectivity index is 2.25. The van der Waals surface area contributed by atoms with E-state index in [9.17, 15) is 4.79 Å². The van der Waals surface area contributed by atoms with Crippen LogP contribution in [0.15, 0.2) is 12.5 Å². The number of nitrogens with zero attached hydrogens (tertiary/aromatic N) is 3. The van der Waals surface area contributed by atoms with E-state index in [-0.39, 0.29) is 5.97 Å². The van der Waals surface area contributed by atoms with Crippen LogP contribution < -0.4 is 4.90 Å². The van der Waals surface area contributed by atoms with Gasteiger partial charge in [-0.1, -0.05) is 13.3 Å². The smallest absolute Gasteiger partial charge is 0.343 e. The second-order valence-electron chi connectivity index (χ2n) is 4.53. The van der Waals surface area contributed by atoms with Crippen LogP contribution in [-0.2, 0) is 4.74 Å². The first-order valence-corrected chi connectivity index (χ1v) is 6.43. The Morgan fingerprint density at radius 1 is 1.56 bits per heavy atom. The second kappa shape index (κ2) is 5.80. The van der Waals surface area contributed by atoms with Crippen molar-refractivity contribution in [2.75, 3.05) is 18.6 Å². The maximum absolute atomic E-state index is 11.7. The highest BCUT2D eigenvalue weighted by molar-refractivity contribution is 5.94. The first kappa shape index (κ1) is 12.8. The van der Waals surface area contributed by atoms with Gasteiger partial charge in [0.2, 0.25) is 0 Å². The van der Waals surface area contributed by atoms with Gasteiger partial charge >= 0.3 is 5.97 Å². The van der Waals surface area contributed by atoms with E-state index in [1.54, 1.807) is 0 Å². The van der Waals surface area contributed by atoms with Gasteiger partial charge in [-0.05, 0) is 19.3 Å². The molecule has 1 aliphatic carbocycles. The average Bonchev–Trinajstić information content (AvgIpc) is 3.23. The van der Waals surface area contributed by atoms with Gasteiger partial charge in [-0.3, -0.25) is 0 Å². The summed E-state index contributed by atoms with van der Waals surface area (Å²) in [7, 11) is 1.38. The fourth-order valence-corrected chi connectivity index (χ4v) is 1.98. The zero-order chi connectivity index (χ0) is 13.0. The van der Waals surface area contributed by atoms with Crippen LogP contribution in [0.1, 0.15) is 43.0 Å². The van der Waals surface area contributed by atoms with Crippen molar-refractivity contribution in [3.63, 3.8) is 0 Å². The summed E-state index contributed by atoms with van der Waals surface area (Å²) >= 11 is 0. The molecule has 1 aliphatic rings. The molecule has 1 fully saturated rings. The Morgan fingerprint density at radius 3 is 2.94 bits per heavy atom. The number of hydrogen-bond donors (Lipinski definition) is 0. The van der Waals surface area contributed by atoms with Gasteiger partial charge in [0.1, 0.15) is 17.7 Å². The quantitative estimate of drug-likeness (QED) is 0.722. The summed E-state index contributed by atoms with van der Waals surface area (Å²) in [5, 5.41) is 0. The van der Waals surface area contributed by atoms with Crippen molar-refractivity contribution in [1.82, 2.24) is 9.97 Å². The molecule has 18 heavy (non-hydrogen) atoms. The molecule has 1 heterocycles. The summed E-state index contributed by atoms with van der Waals surface area (Å²) in [5.74, 6) is 0.348. The molecular formula is C13H19N3O2. The predicted molar refractivity (Wildman–Crippen MR) is 68.6 cm³/mol. The summed E-state index contributed by atoms with van der Waals surface area (Å²) in [6, 6.07) is 0.523. The lowest BCUT2D eigenvalue weighted by atomic mass is 10.2. The summed E-state index contributed by atoms with van der Waals surface area (Å²) in [6.45, 7) is 3.09. The third kappa shape index (κ3) is 2.78. The number of aromatic nitrogens is 2. The Kier molecular flexibility index (Phi) is 4.12. The first-order valence-electron chi connectivity index (χ1n) is 6.43. The molecule has 0 radical (unpaired) electrons. The lowest BCUT2D eigenvalue weighted by Crippen LogP contribution is -2.29. The van der Waals surface area contributed by atoms with Crippen LogP contribution in [0.4, 0.5) is 5.82 Å². The SMILES string of the molecule is CCCCN(c1ncncc1C(=O)OC)C1CC1. The van der Waals surface area contributed by atoms with Crippen molar-refractivity contribution in [3.05, 3.63) is 18.1 Å². The van der Waals surface area contributed by atoms with Crippen molar-refractivity contribution in [2.45, 2.75) is 38.6 Å². The minimum absolute atomic E-state index is 0.368. The molecule has 0 N–H and O–H groups in total. The topological polar surface area (TPSA) is 55.3 Å². The van der Waals surface area contributed by atoms with E-state index >= 15 is 0 Å². The highest BCUT2D eigenvalue weighted by atomic mass is 16.5. The molecule has 5 nitrogen and oxygen atoms in total. The standard InChI is InChI=1S/C13H19N3O2/c1-3-4-7-16(10-5-6-10)12-11(13(17)18-2)8-14-9-15-12/h8-10H,3-7H2,1-2H3. The number of methoxy groups -OCH3 is 1. The molecule has 0 unspecified atom stereocenters. The molecule has 0 aliphatic heterocycles. The second-order valence-corrected chi connectivity index (χ2v) is 4.53. The molecule has 0 saturated heterocycles. The van der Waals surface area contributed by atoms with Crippen LogP contribution in [0.25, 0.3) is 0 Å². The van der Waals surface area contributed by atoms with Crippen molar-refractivity contribution in [1.29, 1.82) is 0 Å². The minimum atomic E-state index is -0.368. The van der Waals surface area contributed by atoms with Gasteiger partial charge in [0.25, 0.3) is 0 Å². The molecule has 0 aromatic carbocycles. The van der Waals surface area contributed by atoms with Gasteiger partial charge in [0.05, 0.1) is 7.11 Å². The van der Waals surface area contributed by atoms with Crippen LogP contribution in [0.3, 0.4) is 0 Å². The molecule has 98 valence electrons. The van der Waals surface area contributed by atoms with E-state index < -0.39 is 0 Å². The van der Waals surface area contributed by atoms with E-state index in [2.05, 4.69) is 21.8 Å². The van der Waals surface area contributed by atoms with Gasteiger partial charge in [-0.15, -0.1) is 0 Å². The zero-order valence-electron chi connectivity index (χ0n) is 10.9. The van der Waals surface area contributed by atoms with Crippen molar-refractivity contribution in [2.24, 2.45) is 0 Å². The van der Waals surface area contributed by atoms with Crippen LogP contribution in [-0.4, -0.2) is 35.6 Å². The number of rotatable bonds is 6. The van der Waals surface area contributed by atoms with Crippen LogP contribution >= 0.6 is 0 Å². The molecule has 5 heteroatoms. The minimum Gasteiger partial charge on any atom is -0.465 e. The Hall–Kier alpha value is -1.65. The van der Waals surface area contributed by atoms with E-state index in [1.807, 2.05) is 0 Å². The monoisotopic (exact) mass is 249 g/mol. The third-order valence-corrected chi connectivity index (χ3v) is 3.11. The van der Waals surface area contributed by atoms with Gasteiger partial charge in [-0.25, -0.2) is 14.8 Å². The number of ether oxygens (including phenoxy) is 1. The number of anilines is 1. The normalized spacial score (nSPS) is 14.3. The van der Waals surface area contributed by atoms with Gasteiger partial charge < -0.3 is 9.64 Å². The van der Waals surface area contributed by atoms with Gasteiger partial charge in [0, 0.05) is 18.8 Å². The number of esters is 1. The van der Waals surface area contributed by atoms with Gasteiger partial charge in [0.15, 0.2) is 0 Å². The summed E-state index contributed by atoms with van der Waals surface area (Å²) < 4.78 is 4.79. The summed E-state index contributed by atoms with van der Waals surface area (Å²) in [5.41, 5.74) is 0.461. The molecule has 2 rings (SSSR count). The molecule has 0 atom stereocenters. The summed E-state index contributed by atoms with van der Waals surface area (Å²) in [4.78, 5) is 22.1. The van der Waals surface area contributed by atoms with E-state index in [4.69, 9.17) is 4.74 Å². The molecule has 0 spiro atoms. The van der Waals surface area contributed by atoms with E-state index in [1.165, 1.54) is 32.5 Å². The Labute approximate surface area is 107 Å². The van der Waals surface area contributed by atoms with Crippen molar-refractivity contribution < 1.29 is 9.53 Å². The summed E-state index contributed by atoms with van der Waals surface area (Å²) in [6.07, 6.45) is 7.60. The number of carbonyl (C=O) groups excluding carboxylic acids is 1. The Morgan fingerprint density at radius 2 is 2.33 bits per heavy atom. The molecule has 1 saturated carbocycles. The molecule has 1 aromatic rings. The van der Waals surface area contributed by atoms with Crippen LogP contribution in [0.5, 0.6) is 0 Å². The lowest BCUT2D eigenvalue weighted by Gasteiger charge is -2.24. The number of unbranched alkanes of at least 4 members (excludes halogenated alkanes) is 1. The number of carbonyl (C=O) groups is 1. The van der Waals surface area contributed by atoms with E-state index in [0.29, 0.717) is 17.4 Å². The van der Waals surface area contributed by atoms with Crippen molar-refractivity contribution >= 4 is 11.8 Å². The molecule has 0 bridgehead atoms. The van der Waals surface area contributed by atoms with E-state index in [0.717, 1.165) is 19.4 Å². The first-order chi connectivity index (χ1) is 8.77. The molecule has 0 amide bonds. The lowest BCUT2D eigenvalue weighted by molar-refractivity contribution is 0.0600. The fraction of sp³-hybridized carbons (Fsp3) is 0.615. The molecular weight excluding hydrogens is 230 g/mol. The maximum Gasteiger partial charge on any atom is 0.343 e.